The molecule has 25 heavy (non-hydrogen) atoms. The molecule has 0 fully saturated rings. The number of hydrogen-bond acceptors (Lipinski definition) is 5. The average Bonchev–Trinajstić information content (AvgIpc) is 3.08. The van der Waals surface area contributed by atoms with Crippen molar-refractivity contribution in [1.29, 1.82) is 0 Å². The molecule has 2 aromatic carbocycles. The third-order valence-electron chi connectivity index (χ3n) is 3.56. The van der Waals surface area contributed by atoms with Gasteiger partial charge in [-0.05, 0) is 36.8 Å². The van der Waals surface area contributed by atoms with Crippen molar-refractivity contribution in [2.45, 2.75) is 6.92 Å². The van der Waals surface area contributed by atoms with Crippen molar-refractivity contribution >= 4 is 17.7 Å². The maximum absolute atomic E-state index is 12.1. The number of ether oxygens (including phenoxy) is 4. The van der Waals surface area contributed by atoms with Gasteiger partial charge in [0.1, 0.15) is 0 Å². The molecule has 2 aromatic rings. The number of benzene rings is 2. The molecule has 0 aromatic heterocycles. The van der Waals surface area contributed by atoms with Crippen molar-refractivity contribution in [2.24, 2.45) is 0 Å². The van der Waals surface area contributed by atoms with Crippen LogP contribution in [-0.4, -0.2) is 26.4 Å². The molecule has 1 aliphatic rings. The van der Waals surface area contributed by atoms with E-state index < -0.39 is 0 Å². The van der Waals surface area contributed by atoms with Crippen molar-refractivity contribution in [1.82, 2.24) is 0 Å². The molecule has 0 atom stereocenters. The van der Waals surface area contributed by atoms with Crippen LogP contribution in [-0.2, 0) is 4.79 Å². The molecule has 0 radical (unpaired) electrons. The van der Waals surface area contributed by atoms with Crippen LogP contribution in [0.5, 0.6) is 23.0 Å². The highest BCUT2D eigenvalue weighted by molar-refractivity contribution is 5.92. The molecule has 6 heteroatoms. The van der Waals surface area contributed by atoms with Crippen LogP contribution in [0.1, 0.15) is 12.5 Å². The van der Waals surface area contributed by atoms with Crippen molar-refractivity contribution in [3.8, 4) is 23.0 Å². The molecule has 1 N–H and O–H groups in total. The number of carbonyl (C=O) groups is 1. The van der Waals surface area contributed by atoms with Gasteiger partial charge in [0, 0.05) is 11.8 Å². The Bertz CT molecular complexity index is 800. The first kappa shape index (κ1) is 16.7. The molecule has 1 amide bonds. The molecule has 1 aliphatic heterocycles. The summed E-state index contributed by atoms with van der Waals surface area (Å²) in [5.41, 5.74) is 1.62. The van der Waals surface area contributed by atoms with E-state index in [1.807, 2.05) is 31.2 Å². The Hall–Kier alpha value is -3.15. The first-order valence-corrected chi connectivity index (χ1v) is 7.82. The lowest BCUT2D eigenvalue weighted by atomic mass is 10.2. The molecule has 0 unspecified atom stereocenters. The highest BCUT2D eigenvalue weighted by Gasteiger charge is 2.14. The smallest absolute Gasteiger partial charge is 0.262 e. The number of anilines is 1. The Balaban J connectivity index is 1.60. The van der Waals surface area contributed by atoms with Gasteiger partial charge in [0.2, 0.25) is 6.79 Å². The second-order valence-corrected chi connectivity index (χ2v) is 5.32. The van der Waals surface area contributed by atoms with Crippen LogP contribution in [0.3, 0.4) is 0 Å². The van der Waals surface area contributed by atoms with E-state index in [-0.39, 0.29) is 19.3 Å². The molecule has 0 bridgehead atoms. The van der Waals surface area contributed by atoms with E-state index in [0.29, 0.717) is 28.7 Å². The van der Waals surface area contributed by atoms with Crippen molar-refractivity contribution in [2.75, 3.05) is 25.8 Å². The predicted molar refractivity (Wildman–Crippen MR) is 94.4 cm³/mol. The highest BCUT2D eigenvalue weighted by Crippen LogP contribution is 2.34. The van der Waals surface area contributed by atoms with Gasteiger partial charge < -0.3 is 24.3 Å². The van der Waals surface area contributed by atoms with E-state index in [1.165, 1.54) is 0 Å². The fraction of sp³-hybridized carbons (Fsp3) is 0.211. The van der Waals surface area contributed by atoms with Crippen molar-refractivity contribution in [3.63, 3.8) is 0 Å². The van der Waals surface area contributed by atoms with Gasteiger partial charge in [-0.2, -0.15) is 0 Å². The highest BCUT2D eigenvalue weighted by atomic mass is 16.7. The summed E-state index contributed by atoms with van der Waals surface area (Å²) < 4.78 is 21.4. The topological polar surface area (TPSA) is 66.0 Å². The Morgan fingerprint density at radius 2 is 2.00 bits per heavy atom. The van der Waals surface area contributed by atoms with E-state index in [2.05, 4.69) is 5.32 Å². The van der Waals surface area contributed by atoms with Crippen LogP contribution in [0.25, 0.3) is 6.08 Å². The van der Waals surface area contributed by atoms with E-state index in [4.69, 9.17) is 18.9 Å². The van der Waals surface area contributed by atoms with Gasteiger partial charge in [-0.15, -0.1) is 0 Å². The lowest BCUT2D eigenvalue weighted by Gasteiger charge is -2.11. The Morgan fingerprint density at radius 1 is 1.16 bits per heavy atom. The minimum atomic E-state index is -0.279. The summed E-state index contributed by atoms with van der Waals surface area (Å²) in [6.45, 7) is 2.00. The van der Waals surface area contributed by atoms with Gasteiger partial charge >= 0.3 is 0 Å². The fourth-order valence-corrected chi connectivity index (χ4v) is 2.41. The number of allylic oxidation sites excluding steroid dienone is 1. The Morgan fingerprint density at radius 3 is 2.80 bits per heavy atom. The van der Waals surface area contributed by atoms with Crippen LogP contribution in [0.2, 0.25) is 0 Å². The zero-order chi connectivity index (χ0) is 17.6. The summed E-state index contributed by atoms with van der Waals surface area (Å²) >= 11 is 0. The van der Waals surface area contributed by atoms with E-state index in [1.54, 1.807) is 31.4 Å². The minimum Gasteiger partial charge on any atom is -0.493 e. The molecule has 3 rings (SSSR count). The van der Waals surface area contributed by atoms with Gasteiger partial charge in [-0.1, -0.05) is 18.2 Å². The molecular weight excluding hydrogens is 322 g/mol. The van der Waals surface area contributed by atoms with Crippen LogP contribution in [0.15, 0.2) is 42.5 Å². The van der Waals surface area contributed by atoms with Crippen LogP contribution in [0.4, 0.5) is 5.69 Å². The number of nitrogens with one attached hydrogen (secondary N) is 1. The zero-order valence-electron chi connectivity index (χ0n) is 14.1. The molecule has 6 nitrogen and oxygen atoms in total. The number of carbonyl (C=O) groups excluding carboxylic acids is 1. The van der Waals surface area contributed by atoms with Gasteiger partial charge in [0.15, 0.2) is 29.6 Å². The largest absolute Gasteiger partial charge is 0.493 e. The van der Waals surface area contributed by atoms with Crippen LogP contribution >= 0.6 is 0 Å². The summed E-state index contributed by atoms with van der Waals surface area (Å²) in [6.07, 6.45) is 3.90. The maximum Gasteiger partial charge on any atom is 0.262 e. The quantitative estimate of drug-likeness (QED) is 0.871. The van der Waals surface area contributed by atoms with E-state index in [9.17, 15) is 4.79 Å². The lowest BCUT2D eigenvalue weighted by Crippen LogP contribution is -2.20. The maximum atomic E-state index is 12.1. The number of methoxy groups -OCH3 is 1. The predicted octanol–water partition coefficient (Wildman–Crippen LogP) is 3.47. The monoisotopic (exact) mass is 341 g/mol. The second-order valence-electron chi connectivity index (χ2n) is 5.32. The number of fused-ring (bicyclic) bond motifs is 1. The van der Waals surface area contributed by atoms with Gasteiger partial charge in [-0.25, -0.2) is 0 Å². The summed E-state index contributed by atoms with van der Waals surface area (Å²) in [7, 11) is 1.56. The molecule has 130 valence electrons. The second kappa shape index (κ2) is 7.61. The Kier molecular flexibility index (Phi) is 5.09. The zero-order valence-corrected chi connectivity index (χ0v) is 14.1. The molecule has 0 aliphatic carbocycles. The normalized spacial score (nSPS) is 12.2. The molecule has 1 heterocycles. The van der Waals surface area contributed by atoms with E-state index >= 15 is 0 Å². The first-order chi connectivity index (χ1) is 12.2. The summed E-state index contributed by atoms with van der Waals surface area (Å²) in [4.78, 5) is 12.1. The lowest BCUT2D eigenvalue weighted by molar-refractivity contribution is -0.118. The van der Waals surface area contributed by atoms with Gasteiger partial charge in [-0.3, -0.25) is 4.79 Å². The SMILES string of the molecule is C/C=C/c1ccc(OCC(=O)Nc2ccc3c(c2)OCO3)c(OC)c1. The summed E-state index contributed by atoms with van der Waals surface area (Å²) in [5, 5.41) is 2.76. The van der Waals surface area contributed by atoms with Crippen molar-refractivity contribution in [3.05, 3.63) is 48.0 Å². The average molecular weight is 341 g/mol. The molecule has 0 saturated carbocycles. The number of rotatable bonds is 6. The van der Waals surface area contributed by atoms with E-state index in [0.717, 1.165) is 5.56 Å². The first-order valence-electron chi connectivity index (χ1n) is 7.82. The molecule has 0 saturated heterocycles. The van der Waals surface area contributed by atoms with Crippen molar-refractivity contribution < 1.29 is 23.7 Å². The molecule has 0 spiro atoms. The van der Waals surface area contributed by atoms with Gasteiger partial charge in [0.25, 0.3) is 5.91 Å². The third kappa shape index (κ3) is 4.03. The fourth-order valence-electron chi connectivity index (χ4n) is 2.41. The standard InChI is InChI=1S/C19H19NO5/c1-3-4-13-5-7-15(17(9-13)22-2)23-11-19(21)20-14-6-8-16-18(10-14)25-12-24-16/h3-10H,11-12H2,1-2H3,(H,20,21)/b4-3+. The number of hydrogen-bond donors (Lipinski definition) is 1. The summed E-state index contributed by atoms with van der Waals surface area (Å²) in [5.74, 6) is 2.08. The van der Waals surface area contributed by atoms with Crippen LogP contribution < -0.4 is 24.3 Å². The summed E-state index contributed by atoms with van der Waals surface area (Å²) in [6, 6.07) is 10.7. The third-order valence-corrected chi connectivity index (χ3v) is 3.56. The minimum absolute atomic E-state index is 0.131. The van der Waals surface area contributed by atoms with Crippen LogP contribution in [0, 0.1) is 0 Å². The number of amides is 1. The molecular formula is C19H19NO5. The Labute approximate surface area is 146 Å². The van der Waals surface area contributed by atoms with Gasteiger partial charge in [0.05, 0.1) is 7.11 Å².